The first-order valence-corrected chi connectivity index (χ1v) is 6.22. The van der Waals surface area contributed by atoms with Crippen molar-refractivity contribution in [3.8, 4) is 0 Å². The Balaban J connectivity index is 3.37. The van der Waals surface area contributed by atoms with Gasteiger partial charge in [0.2, 0.25) is 0 Å². The molecule has 0 aromatic carbocycles. The molecule has 0 amide bonds. The number of pyridine rings is 1. The van der Waals surface area contributed by atoms with Gasteiger partial charge in [0.25, 0.3) is 5.56 Å². The molecule has 1 rings (SSSR count). The predicted molar refractivity (Wildman–Crippen MR) is 71.0 cm³/mol. The molecule has 100 valence electrons. The zero-order chi connectivity index (χ0) is 13.9. The van der Waals surface area contributed by atoms with Crippen LogP contribution >= 0.6 is 0 Å². The fourth-order valence-electron chi connectivity index (χ4n) is 2.02. The lowest BCUT2D eigenvalue weighted by Gasteiger charge is -2.24. The summed E-state index contributed by atoms with van der Waals surface area (Å²) in [5.41, 5.74) is 0.995. The maximum Gasteiger partial charge on any atom is 0.308 e. The first kappa shape index (κ1) is 14.5. The quantitative estimate of drug-likeness (QED) is 0.892. The van der Waals surface area contributed by atoms with Gasteiger partial charge in [-0.1, -0.05) is 33.8 Å². The highest BCUT2D eigenvalue weighted by atomic mass is 16.4. The molecule has 0 bridgehead atoms. The van der Waals surface area contributed by atoms with Gasteiger partial charge >= 0.3 is 5.97 Å². The van der Waals surface area contributed by atoms with Crippen LogP contribution in [0.4, 0.5) is 0 Å². The van der Waals surface area contributed by atoms with Crippen LogP contribution in [0.2, 0.25) is 0 Å². The second-order valence-corrected chi connectivity index (χ2v) is 5.52. The maximum absolute atomic E-state index is 12.3. The maximum atomic E-state index is 12.3. The summed E-state index contributed by atoms with van der Waals surface area (Å²) in [6.07, 6.45) is 0.631. The van der Waals surface area contributed by atoms with E-state index < -0.39 is 5.97 Å². The fourth-order valence-corrected chi connectivity index (χ4v) is 2.02. The normalized spacial score (nSPS) is 11.6. The second-order valence-electron chi connectivity index (χ2n) is 5.52. The van der Waals surface area contributed by atoms with E-state index >= 15 is 0 Å². The van der Waals surface area contributed by atoms with Crippen molar-refractivity contribution < 1.29 is 9.90 Å². The molecule has 0 saturated carbocycles. The number of carboxylic acid groups (broad SMARTS) is 1. The van der Waals surface area contributed by atoms with Crippen molar-refractivity contribution in [2.45, 2.75) is 52.5 Å². The molecule has 0 aliphatic carbocycles. The van der Waals surface area contributed by atoms with Crippen molar-refractivity contribution >= 4 is 5.97 Å². The van der Waals surface area contributed by atoms with Gasteiger partial charge in [-0.05, 0) is 12.5 Å². The monoisotopic (exact) mass is 251 g/mol. The Labute approximate surface area is 107 Å². The number of hydrogen-bond donors (Lipinski definition) is 1. The van der Waals surface area contributed by atoms with E-state index in [1.807, 2.05) is 33.8 Å². The molecular formula is C14H21NO3. The summed E-state index contributed by atoms with van der Waals surface area (Å²) in [6.45, 7) is 8.77. The van der Waals surface area contributed by atoms with Gasteiger partial charge < -0.3 is 9.67 Å². The lowest BCUT2D eigenvalue weighted by atomic mass is 9.90. The first-order chi connectivity index (χ1) is 8.27. The highest BCUT2D eigenvalue weighted by Crippen LogP contribution is 2.21. The molecule has 0 fully saturated rings. The van der Waals surface area contributed by atoms with E-state index in [9.17, 15) is 9.59 Å². The van der Waals surface area contributed by atoms with Crippen LogP contribution in [0.5, 0.6) is 0 Å². The van der Waals surface area contributed by atoms with Crippen LogP contribution in [0.25, 0.3) is 0 Å². The van der Waals surface area contributed by atoms with Crippen LogP contribution in [0.15, 0.2) is 16.9 Å². The van der Waals surface area contributed by atoms with Crippen molar-refractivity contribution in [2.24, 2.45) is 0 Å². The van der Waals surface area contributed by atoms with Gasteiger partial charge in [-0.2, -0.15) is 0 Å². The highest BCUT2D eigenvalue weighted by Gasteiger charge is 2.20. The van der Waals surface area contributed by atoms with Crippen LogP contribution in [0, 0.1) is 0 Å². The number of rotatable bonds is 4. The van der Waals surface area contributed by atoms with E-state index in [1.54, 1.807) is 10.6 Å². The van der Waals surface area contributed by atoms with Crippen LogP contribution in [-0.4, -0.2) is 15.6 Å². The van der Waals surface area contributed by atoms with Gasteiger partial charge in [0.05, 0.1) is 6.42 Å². The summed E-state index contributed by atoms with van der Waals surface area (Å²) in [6, 6.07) is 3.51. The molecule has 1 aromatic heterocycles. The molecule has 0 aliphatic heterocycles. The molecule has 0 unspecified atom stereocenters. The van der Waals surface area contributed by atoms with E-state index in [-0.39, 0.29) is 17.4 Å². The summed E-state index contributed by atoms with van der Waals surface area (Å²) >= 11 is 0. The molecule has 4 nitrogen and oxygen atoms in total. The number of aliphatic carboxylic acids is 1. The Morgan fingerprint density at radius 3 is 2.39 bits per heavy atom. The standard InChI is InChI=1S/C14H21NO3/c1-5-8-15-11(14(2,3)4)7-6-10(13(15)18)9-12(16)17/h6-7H,5,8-9H2,1-4H3,(H,16,17). The van der Waals surface area contributed by atoms with Gasteiger partial charge in [0, 0.05) is 23.2 Å². The summed E-state index contributed by atoms with van der Waals surface area (Å²) in [4.78, 5) is 23.0. The molecule has 1 N–H and O–H groups in total. The number of aromatic nitrogens is 1. The lowest BCUT2D eigenvalue weighted by molar-refractivity contribution is -0.136. The van der Waals surface area contributed by atoms with Crippen LogP contribution in [0.1, 0.15) is 45.4 Å². The number of carbonyl (C=O) groups is 1. The second kappa shape index (κ2) is 5.38. The molecule has 0 radical (unpaired) electrons. The third-order valence-electron chi connectivity index (χ3n) is 2.81. The average Bonchev–Trinajstić information content (AvgIpc) is 2.22. The molecule has 0 aliphatic rings. The molecule has 0 atom stereocenters. The Morgan fingerprint density at radius 1 is 1.33 bits per heavy atom. The third kappa shape index (κ3) is 3.22. The number of carboxylic acids is 1. The van der Waals surface area contributed by atoms with Gasteiger partial charge in [-0.3, -0.25) is 9.59 Å². The minimum Gasteiger partial charge on any atom is -0.481 e. The Kier molecular flexibility index (Phi) is 4.33. The predicted octanol–water partition coefficient (Wildman–Crippen LogP) is 2.18. The summed E-state index contributed by atoms with van der Waals surface area (Å²) in [7, 11) is 0. The van der Waals surface area contributed by atoms with Crippen LogP contribution in [-0.2, 0) is 23.2 Å². The average molecular weight is 251 g/mol. The molecule has 0 saturated heterocycles. The van der Waals surface area contributed by atoms with Crippen molar-refractivity contribution in [1.29, 1.82) is 0 Å². The smallest absolute Gasteiger partial charge is 0.308 e. The minimum atomic E-state index is -0.973. The Bertz CT molecular complexity index is 495. The summed E-state index contributed by atoms with van der Waals surface area (Å²) < 4.78 is 1.71. The molecule has 0 spiro atoms. The van der Waals surface area contributed by atoms with Gasteiger partial charge in [0.15, 0.2) is 0 Å². The van der Waals surface area contributed by atoms with Gasteiger partial charge in [-0.15, -0.1) is 0 Å². The highest BCUT2D eigenvalue weighted by molar-refractivity contribution is 5.70. The molecule has 1 heterocycles. The van der Waals surface area contributed by atoms with E-state index in [0.29, 0.717) is 12.1 Å². The Morgan fingerprint density at radius 2 is 1.94 bits per heavy atom. The van der Waals surface area contributed by atoms with Crippen molar-refractivity contribution in [3.63, 3.8) is 0 Å². The summed E-state index contributed by atoms with van der Waals surface area (Å²) in [5, 5.41) is 8.79. The first-order valence-electron chi connectivity index (χ1n) is 6.22. The van der Waals surface area contributed by atoms with E-state index in [4.69, 9.17) is 5.11 Å². The minimum absolute atomic E-state index is 0.129. The van der Waals surface area contributed by atoms with Gasteiger partial charge in [-0.25, -0.2) is 0 Å². The molecule has 4 heteroatoms. The number of hydrogen-bond acceptors (Lipinski definition) is 2. The molecular weight excluding hydrogens is 230 g/mol. The topological polar surface area (TPSA) is 59.3 Å². The largest absolute Gasteiger partial charge is 0.481 e. The Hall–Kier alpha value is -1.58. The van der Waals surface area contributed by atoms with Crippen molar-refractivity contribution in [2.75, 3.05) is 0 Å². The fraction of sp³-hybridized carbons (Fsp3) is 0.571. The van der Waals surface area contributed by atoms with Crippen molar-refractivity contribution in [3.05, 3.63) is 33.7 Å². The van der Waals surface area contributed by atoms with E-state index in [1.165, 1.54) is 0 Å². The van der Waals surface area contributed by atoms with E-state index in [2.05, 4.69) is 0 Å². The van der Waals surface area contributed by atoms with E-state index in [0.717, 1.165) is 12.1 Å². The van der Waals surface area contributed by atoms with Crippen LogP contribution in [0.3, 0.4) is 0 Å². The van der Waals surface area contributed by atoms with Gasteiger partial charge in [0.1, 0.15) is 0 Å². The summed E-state index contributed by atoms with van der Waals surface area (Å²) in [5.74, 6) is -0.973. The molecule has 1 aromatic rings. The van der Waals surface area contributed by atoms with Crippen LogP contribution < -0.4 is 5.56 Å². The third-order valence-corrected chi connectivity index (χ3v) is 2.81. The zero-order valence-electron chi connectivity index (χ0n) is 11.5. The SMILES string of the molecule is CCCn1c(C(C)(C)C)ccc(CC(=O)O)c1=O. The lowest BCUT2D eigenvalue weighted by Crippen LogP contribution is -2.32. The zero-order valence-corrected chi connectivity index (χ0v) is 11.5. The number of nitrogens with zero attached hydrogens (tertiary/aromatic N) is 1. The molecule has 18 heavy (non-hydrogen) atoms. The van der Waals surface area contributed by atoms with Crippen molar-refractivity contribution in [1.82, 2.24) is 4.57 Å².